The van der Waals surface area contributed by atoms with Crippen molar-refractivity contribution in [3.05, 3.63) is 22.4 Å². The van der Waals surface area contributed by atoms with Crippen molar-refractivity contribution in [2.24, 2.45) is 5.92 Å². The molecular weight excluding hydrogens is 280 g/mol. The van der Waals surface area contributed by atoms with E-state index in [-0.39, 0.29) is 12.1 Å². The Morgan fingerprint density at radius 1 is 1.48 bits per heavy atom. The molecule has 3 unspecified atom stereocenters. The molecule has 1 amide bonds. The minimum Gasteiger partial charge on any atom is -0.317 e. The molecule has 2 heterocycles. The fraction of sp³-hybridized carbons (Fsp3) is 0.706. The molecule has 0 radical (unpaired) electrons. The highest BCUT2D eigenvalue weighted by atomic mass is 32.1. The summed E-state index contributed by atoms with van der Waals surface area (Å²) in [6, 6.07) is 4.55. The first-order chi connectivity index (χ1) is 10.1. The van der Waals surface area contributed by atoms with Gasteiger partial charge in [-0.3, -0.25) is 10.1 Å². The van der Waals surface area contributed by atoms with Crippen LogP contribution in [0.3, 0.4) is 0 Å². The smallest absolute Gasteiger partial charge is 0.244 e. The van der Waals surface area contributed by atoms with Gasteiger partial charge in [-0.1, -0.05) is 25.8 Å². The Bertz CT molecular complexity index is 495. The molecule has 1 N–H and O–H groups in total. The lowest BCUT2D eigenvalue weighted by Crippen LogP contribution is -2.45. The van der Waals surface area contributed by atoms with Crippen LogP contribution in [0.1, 0.15) is 63.9 Å². The summed E-state index contributed by atoms with van der Waals surface area (Å²) in [5.74, 6) is 0.945. The molecule has 0 bridgehead atoms. The Balaban J connectivity index is 1.91. The van der Waals surface area contributed by atoms with Crippen molar-refractivity contribution >= 4 is 17.2 Å². The molecule has 116 valence electrons. The fourth-order valence-electron chi connectivity index (χ4n) is 3.83. The van der Waals surface area contributed by atoms with E-state index >= 15 is 0 Å². The van der Waals surface area contributed by atoms with Gasteiger partial charge in [0.25, 0.3) is 0 Å². The molecule has 2 aliphatic rings. The predicted octanol–water partition coefficient (Wildman–Crippen LogP) is 3.93. The quantitative estimate of drug-likeness (QED) is 0.914. The Morgan fingerprint density at radius 2 is 2.19 bits per heavy atom. The van der Waals surface area contributed by atoms with Gasteiger partial charge in [0.15, 0.2) is 0 Å². The highest BCUT2D eigenvalue weighted by Crippen LogP contribution is 2.40. The highest BCUT2D eigenvalue weighted by Gasteiger charge is 2.50. The van der Waals surface area contributed by atoms with Crippen LogP contribution in [0.25, 0.3) is 0 Å². The van der Waals surface area contributed by atoms with E-state index in [1.54, 1.807) is 11.3 Å². The summed E-state index contributed by atoms with van der Waals surface area (Å²) in [5, 5.41) is 5.71. The lowest BCUT2D eigenvalue weighted by atomic mass is 9.95. The summed E-state index contributed by atoms with van der Waals surface area (Å²) in [7, 11) is 0. The molecule has 0 spiro atoms. The first kappa shape index (κ1) is 15.0. The molecule has 21 heavy (non-hydrogen) atoms. The van der Waals surface area contributed by atoms with Crippen LogP contribution in [0.15, 0.2) is 17.5 Å². The maximum Gasteiger partial charge on any atom is 0.244 e. The number of amides is 1. The van der Waals surface area contributed by atoms with Gasteiger partial charge in [0.2, 0.25) is 5.91 Å². The van der Waals surface area contributed by atoms with Crippen molar-refractivity contribution in [1.82, 2.24) is 10.2 Å². The third-order valence-electron chi connectivity index (χ3n) is 5.48. The van der Waals surface area contributed by atoms with Crippen molar-refractivity contribution < 1.29 is 4.79 Å². The standard InChI is InChI=1S/C17H26N2OS/c1-4-17(3)16(20)19(12(2)13-8-5-6-9-13)15(18-17)14-10-7-11-21-14/h7,10-13,15,18H,4-6,8-9H2,1-3H3. The topological polar surface area (TPSA) is 32.3 Å². The molecule has 1 aliphatic heterocycles. The van der Waals surface area contributed by atoms with Crippen molar-refractivity contribution in [1.29, 1.82) is 0 Å². The normalized spacial score (nSPS) is 32.0. The number of nitrogens with one attached hydrogen (secondary N) is 1. The Hall–Kier alpha value is -0.870. The summed E-state index contributed by atoms with van der Waals surface area (Å²) in [4.78, 5) is 16.4. The minimum atomic E-state index is -0.415. The Kier molecular flexibility index (Phi) is 4.10. The second-order valence-corrected chi connectivity index (χ2v) is 7.72. The molecule has 1 saturated heterocycles. The summed E-state index contributed by atoms with van der Waals surface area (Å²) in [5.41, 5.74) is -0.415. The number of hydrogen-bond acceptors (Lipinski definition) is 3. The number of rotatable bonds is 4. The molecule has 1 aromatic heterocycles. The van der Waals surface area contributed by atoms with E-state index in [2.05, 4.69) is 48.5 Å². The summed E-state index contributed by atoms with van der Waals surface area (Å²) in [6.07, 6.45) is 6.06. The van der Waals surface area contributed by atoms with Crippen LogP contribution >= 0.6 is 11.3 Å². The van der Waals surface area contributed by atoms with Gasteiger partial charge < -0.3 is 4.90 Å². The number of carbonyl (C=O) groups is 1. The van der Waals surface area contributed by atoms with Crippen molar-refractivity contribution in [2.45, 2.75) is 70.6 Å². The lowest BCUT2D eigenvalue weighted by Gasteiger charge is -2.34. The van der Waals surface area contributed by atoms with Gasteiger partial charge in [-0.25, -0.2) is 0 Å². The van der Waals surface area contributed by atoms with Crippen LogP contribution in [0.2, 0.25) is 0 Å². The summed E-state index contributed by atoms with van der Waals surface area (Å²) < 4.78 is 0. The van der Waals surface area contributed by atoms with Crippen molar-refractivity contribution in [3.63, 3.8) is 0 Å². The summed E-state index contributed by atoms with van der Waals surface area (Å²) in [6.45, 7) is 6.40. The van der Waals surface area contributed by atoms with E-state index in [4.69, 9.17) is 0 Å². The van der Waals surface area contributed by atoms with Gasteiger partial charge in [0.1, 0.15) is 6.17 Å². The fourth-order valence-corrected chi connectivity index (χ4v) is 4.60. The zero-order valence-electron chi connectivity index (χ0n) is 13.3. The van der Waals surface area contributed by atoms with E-state index in [9.17, 15) is 4.79 Å². The third-order valence-corrected chi connectivity index (χ3v) is 6.41. The Morgan fingerprint density at radius 3 is 2.76 bits per heavy atom. The zero-order chi connectivity index (χ0) is 15.0. The molecule has 3 atom stereocenters. The molecule has 1 aliphatic carbocycles. The SMILES string of the molecule is CCC1(C)NC(c2cccs2)N(C(C)C2CCCC2)C1=O. The molecule has 0 aromatic carbocycles. The van der Waals surface area contributed by atoms with Crippen LogP contribution in [0, 0.1) is 5.92 Å². The maximum absolute atomic E-state index is 13.0. The number of thiophene rings is 1. The molecule has 2 fully saturated rings. The van der Waals surface area contributed by atoms with E-state index in [0.717, 1.165) is 6.42 Å². The predicted molar refractivity (Wildman–Crippen MR) is 87.2 cm³/mol. The second-order valence-electron chi connectivity index (χ2n) is 6.75. The molecule has 3 rings (SSSR count). The van der Waals surface area contributed by atoms with Gasteiger partial charge >= 0.3 is 0 Å². The summed E-state index contributed by atoms with van der Waals surface area (Å²) >= 11 is 1.74. The molecule has 1 saturated carbocycles. The molecular formula is C17H26N2OS. The number of carbonyl (C=O) groups excluding carboxylic acids is 1. The van der Waals surface area contributed by atoms with Gasteiger partial charge in [-0.15, -0.1) is 11.3 Å². The van der Waals surface area contributed by atoms with Gasteiger partial charge in [-0.05, 0) is 50.5 Å². The van der Waals surface area contributed by atoms with Gasteiger partial charge in [0, 0.05) is 10.9 Å². The second kappa shape index (κ2) is 5.73. The average molecular weight is 306 g/mol. The van der Waals surface area contributed by atoms with Crippen LogP contribution in [0.5, 0.6) is 0 Å². The van der Waals surface area contributed by atoms with Crippen LogP contribution < -0.4 is 5.32 Å². The van der Waals surface area contributed by atoms with Crippen molar-refractivity contribution in [3.8, 4) is 0 Å². The third kappa shape index (κ3) is 2.53. The van der Waals surface area contributed by atoms with E-state index in [1.165, 1.54) is 30.6 Å². The maximum atomic E-state index is 13.0. The first-order valence-electron chi connectivity index (χ1n) is 8.20. The first-order valence-corrected chi connectivity index (χ1v) is 9.08. The minimum absolute atomic E-state index is 0.0537. The Labute approximate surface area is 131 Å². The highest BCUT2D eigenvalue weighted by molar-refractivity contribution is 7.10. The van der Waals surface area contributed by atoms with Crippen molar-refractivity contribution in [2.75, 3.05) is 0 Å². The van der Waals surface area contributed by atoms with Gasteiger partial charge in [0.05, 0.1) is 5.54 Å². The van der Waals surface area contributed by atoms with E-state index in [1.807, 2.05) is 0 Å². The van der Waals surface area contributed by atoms with E-state index < -0.39 is 5.54 Å². The molecule has 3 nitrogen and oxygen atoms in total. The van der Waals surface area contributed by atoms with Gasteiger partial charge in [-0.2, -0.15) is 0 Å². The lowest BCUT2D eigenvalue weighted by molar-refractivity contribution is -0.135. The van der Waals surface area contributed by atoms with Crippen LogP contribution in [0.4, 0.5) is 0 Å². The monoisotopic (exact) mass is 306 g/mol. The molecule has 4 heteroatoms. The van der Waals surface area contributed by atoms with E-state index in [0.29, 0.717) is 12.0 Å². The molecule has 1 aromatic rings. The van der Waals surface area contributed by atoms with Crippen LogP contribution in [-0.4, -0.2) is 22.4 Å². The largest absolute Gasteiger partial charge is 0.317 e. The number of hydrogen-bond donors (Lipinski definition) is 1. The number of nitrogens with zero attached hydrogens (tertiary/aromatic N) is 1. The average Bonchev–Trinajstić information content (AvgIpc) is 3.20. The van der Waals surface area contributed by atoms with Crippen LogP contribution in [-0.2, 0) is 4.79 Å². The zero-order valence-corrected chi connectivity index (χ0v) is 14.1.